The van der Waals surface area contributed by atoms with Crippen LogP contribution in [0.25, 0.3) is 5.69 Å². The van der Waals surface area contributed by atoms with Gasteiger partial charge in [-0.25, -0.2) is 4.68 Å². The molecule has 0 bridgehead atoms. The molecule has 0 radical (unpaired) electrons. The summed E-state index contributed by atoms with van der Waals surface area (Å²) in [5.41, 5.74) is 5.25. The van der Waals surface area contributed by atoms with Gasteiger partial charge in [0.25, 0.3) is 0 Å². The number of aromatic nitrogens is 2. The van der Waals surface area contributed by atoms with E-state index < -0.39 is 0 Å². The van der Waals surface area contributed by atoms with Crippen LogP contribution in [-0.4, -0.2) is 44.1 Å². The van der Waals surface area contributed by atoms with Crippen LogP contribution in [0.15, 0.2) is 47.5 Å². The predicted molar refractivity (Wildman–Crippen MR) is 142 cm³/mol. The Kier molecular flexibility index (Phi) is 9.83. The Bertz CT molecular complexity index is 1060. The van der Waals surface area contributed by atoms with E-state index in [9.17, 15) is 0 Å². The summed E-state index contributed by atoms with van der Waals surface area (Å²) in [5, 5.41) is 11.4. The van der Waals surface area contributed by atoms with Gasteiger partial charge in [-0.3, -0.25) is 4.99 Å². The zero-order chi connectivity index (χ0) is 23.1. The molecular weight excluding hydrogens is 533 g/mol. The highest BCUT2D eigenvalue weighted by Crippen LogP contribution is 2.38. The van der Waals surface area contributed by atoms with Crippen LogP contribution in [0.3, 0.4) is 0 Å². The van der Waals surface area contributed by atoms with Crippen molar-refractivity contribution in [1.29, 1.82) is 0 Å². The van der Waals surface area contributed by atoms with E-state index in [4.69, 9.17) is 19.3 Å². The molecule has 0 spiro atoms. The molecule has 3 rings (SSSR count). The number of hydrogen-bond donors (Lipinski definition) is 2. The second kappa shape index (κ2) is 12.3. The highest BCUT2D eigenvalue weighted by molar-refractivity contribution is 14.0. The largest absolute Gasteiger partial charge is 0.493 e. The first kappa shape index (κ1) is 26.3. The zero-order valence-electron chi connectivity index (χ0n) is 19.9. The van der Waals surface area contributed by atoms with E-state index in [0.29, 0.717) is 36.3 Å². The Morgan fingerprint density at radius 2 is 1.55 bits per heavy atom. The molecule has 0 unspecified atom stereocenters. The molecule has 8 nitrogen and oxygen atoms in total. The Morgan fingerprint density at radius 1 is 0.939 bits per heavy atom. The van der Waals surface area contributed by atoms with Crippen molar-refractivity contribution in [3.05, 3.63) is 65.0 Å². The van der Waals surface area contributed by atoms with E-state index >= 15 is 0 Å². The molecule has 3 aromatic rings. The molecule has 0 aliphatic rings. The van der Waals surface area contributed by atoms with E-state index in [-0.39, 0.29) is 24.0 Å². The quantitative estimate of drug-likeness (QED) is 0.244. The minimum atomic E-state index is 0. The van der Waals surface area contributed by atoms with Crippen LogP contribution in [-0.2, 0) is 13.1 Å². The standard InChI is InChI=1S/C24H31N5O3.HI/c1-16-20(17(2)29(28-16)19-10-8-7-9-11-19)15-27-24(25-3)26-14-18-12-21(30-4)23(32-6)22(13-18)31-5;/h7-13H,14-15H2,1-6H3,(H2,25,26,27);1H. The maximum atomic E-state index is 5.44. The van der Waals surface area contributed by atoms with Crippen LogP contribution in [0.5, 0.6) is 17.2 Å². The number of benzene rings is 2. The summed E-state index contributed by atoms with van der Waals surface area (Å²) in [6, 6.07) is 14.0. The minimum absolute atomic E-state index is 0. The van der Waals surface area contributed by atoms with Crippen molar-refractivity contribution < 1.29 is 14.2 Å². The fraction of sp³-hybridized carbons (Fsp3) is 0.333. The van der Waals surface area contributed by atoms with Crippen molar-refractivity contribution in [2.24, 2.45) is 4.99 Å². The number of rotatable bonds is 8. The predicted octanol–water partition coefficient (Wildman–Crippen LogP) is 4.00. The lowest BCUT2D eigenvalue weighted by molar-refractivity contribution is 0.323. The number of ether oxygens (including phenoxy) is 3. The number of aliphatic imine (C=N–C) groups is 1. The first-order valence-electron chi connectivity index (χ1n) is 10.4. The van der Waals surface area contributed by atoms with Gasteiger partial charge in [-0.15, -0.1) is 24.0 Å². The summed E-state index contributed by atoms with van der Waals surface area (Å²) in [5.74, 6) is 2.49. The van der Waals surface area contributed by atoms with Gasteiger partial charge in [0.2, 0.25) is 5.75 Å². The molecule has 1 aromatic heterocycles. The molecule has 0 amide bonds. The number of guanidine groups is 1. The van der Waals surface area contributed by atoms with Crippen molar-refractivity contribution in [2.75, 3.05) is 28.4 Å². The van der Waals surface area contributed by atoms with Gasteiger partial charge in [-0.05, 0) is 43.7 Å². The van der Waals surface area contributed by atoms with Crippen LogP contribution < -0.4 is 24.8 Å². The summed E-state index contributed by atoms with van der Waals surface area (Å²) in [7, 11) is 6.55. The van der Waals surface area contributed by atoms with Gasteiger partial charge in [0.05, 0.1) is 32.7 Å². The molecule has 0 saturated heterocycles. The molecule has 0 fully saturated rings. The second-order valence-electron chi connectivity index (χ2n) is 7.21. The summed E-state index contributed by atoms with van der Waals surface area (Å²) in [6.45, 7) is 5.25. The van der Waals surface area contributed by atoms with Gasteiger partial charge in [-0.2, -0.15) is 5.10 Å². The van der Waals surface area contributed by atoms with Crippen LogP contribution in [0.1, 0.15) is 22.5 Å². The Morgan fingerprint density at radius 3 is 2.09 bits per heavy atom. The van der Waals surface area contributed by atoms with E-state index in [1.54, 1.807) is 28.4 Å². The smallest absolute Gasteiger partial charge is 0.203 e. The molecule has 9 heteroatoms. The lowest BCUT2D eigenvalue weighted by atomic mass is 10.1. The number of para-hydroxylation sites is 1. The Balaban J connectivity index is 0.00000385. The van der Waals surface area contributed by atoms with Gasteiger partial charge in [0.15, 0.2) is 17.5 Å². The number of methoxy groups -OCH3 is 3. The van der Waals surface area contributed by atoms with Gasteiger partial charge in [0.1, 0.15) is 0 Å². The number of aryl methyl sites for hydroxylation is 1. The van der Waals surface area contributed by atoms with E-state index in [2.05, 4.69) is 34.7 Å². The highest BCUT2D eigenvalue weighted by Gasteiger charge is 2.15. The van der Waals surface area contributed by atoms with E-state index in [1.807, 2.05) is 41.9 Å². The molecule has 2 aromatic carbocycles. The number of hydrogen-bond acceptors (Lipinski definition) is 5. The summed E-state index contributed by atoms with van der Waals surface area (Å²) < 4.78 is 18.2. The summed E-state index contributed by atoms with van der Waals surface area (Å²) in [6.07, 6.45) is 0. The topological polar surface area (TPSA) is 81.9 Å². The molecule has 2 N–H and O–H groups in total. The monoisotopic (exact) mass is 565 g/mol. The third-order valence-corrected chi connectivity index (χ3v) is 5.28. The number of halogens is 1. The molecule has 0 atom stereocenters. The average molecular weight is 565 g/mol. The maximum Gasteiger partial charge on any atom is 0.203 e. The number of nitrogens with zero attached hydrogens (tertiary/aromatic N) is 3. The van der Waals surface area contributed by atoms with Crippen LogP contribution >= 0.6 is 24.0 Å². The lowest BCUT2D eigenvalue weighted by Crippen LogP contribution is -2.36. The van der Waals surface area contributed by atoms with E-state index in [0.717, 1.165) is 28.2 Å². The third-order valence-electron chi connectivity index (χ3n) is 5.28. The van der Waals surface area contributed by atoms with Gasteiger partial charge in [0, 0.05) is 31.4 Å². The first-order valence-corrected chi connectivity index (χ1v) is 10.4. The van der Waals surface area contributed by atoms with Crippen LogP contribution in [0.4, 0.5) is 0 Å². The summed E-state index contributed by atoms with van der Waals surface area (Å²) in [4.78, 5) is 4.34. The second-order valence-corrected chi connectivity index (χ2v) is 7.21. The Labute approximate surface area is 212 Å². The van der Waals surface area contributed by atoms with Crippen molar-refractivity contribution in [2.45, 2.75) is 26.9 Å². The zero-order valence-corrected chi connectivity index (χ0v) is 22.3. The van der Waals surface area contributed by atoms with E-state index in [1.165, 1.54) is 0 Å². The molecule has 0 saturated carbocycles. The normalized spacial score (nSPS) is 10.9. The maximum absolute atomic E-state index is 5.44. The van der Waals surface area contributed by atoms with Crippen LogP contribution in [0, 0.1) is 13.8 Å². The van der Waals surface area contributed by atoms with Crippen molar-refractivity contribution in [1.82, 2.24) is 20.4 Å². The summed E-state index contributed by atoms with van der Waals surface area (Å²) >= 11 is 0. The average Bonchev–Trinajstić information content (AvgIpc) is 3.12. The fourth-order valence-corrected chi connectivity index (χ4v) is 3.57. The first-order chi connectivity index (χ1) is 15.5. The lowest BCUT2D eigenvalue weighted by Gasteiger charge is -2.16. The minimum Gasteiger partial charge on any atom is -0.493 e. The molecule has 0 aliphatic carbocycles. The molecular formula is C24H32IN5O3. The molecule has 178 valence electrons. The highest BCUT2D eigenvalue weighted by atomic mass is 127. The SMILES string of the molecule is CN=C(NCc1cc(OC)c(OC)c(OC)c1)NCc1c(C)nn(-c2ccccc2)c1C.I. The van der Waals surface area contributed by atoms with Gasteiger partial charge < -0.3 is 24.8 Å². The fourth-order valence-electron chi connectivity index (χ4n) is 3.57. The van der Waals surface area contributed by atoms with Crippen LogP contribution in [0.2, 0.25) is 0 Å². The van der Waals surface area contributed by atoms with Crippen molar-refractivity contribution in [3.8, 4) is 22.9 Å². The third kappa shape index (κ3) is 6.10. The molecule has 33 heavy (non-hydrogen) atoms. The van der Waals surface area contributed by atoms with Gasteiger partial charge >= 0.3 is 0 Å². The van der Waals surface area contributed by atoms with Crippen molar-refractivity contribution >= 4 is 29.9 Å². The Hall–Kier alpha value is -2.95. The van der Waals surface area contributed by atoms with Gasteiger partial charge in [-0.1, -0.05) is 18.2 Å². The molecule has 1 heterocycles. The number of nitrogens with one attached hydrogen (secondary N) is 2. The van der Waals surface area contributed by atoms with Crippen molar-refractivity contribution in [3.63, 3.8) is 0 Å². The molecule has 0 aliphatic heterocycles.